The number of carboxylic acid groups (broad SMARTS) is 1. The van der Waals surface area contributed by atoms with Crippen LogP contribution in [0.15, 0.2) is 0 Å². The molecule has 1 saturated carbocycles. The zero-order valence-corrected chi connectivity index (χ0v) is 18.9. The number of carbonyl (C=O) groups excluding carboxylic acids is 4. The van der Waals surface area contributed by atoms with E-state index in [0.29, 0.717) is 0 Å². The number of carboxylic acids is 1. The molecule has 2 fully saturated rings. The fourth-order valence-electron chi connectivity index (χ4n) is 3.95. The summed E-state index contributed by atoms with van der Waals surface area (Å²) in [5.41, 5.74) is -1.01. The monoisotopic (exact) mass is 437 g/mol. The van der Waals surface area contributed by atoms with Crippen molar-refractivity contribution in [1.29, 1.82) is 0 Å². The normalized spacial score (nSPS) is 29.2. The Bertz CT molecular complexity index is 1000. The van der Waals surface area contributed by atoms with Gasteiger partial charge in [0.25, 0.3) is 0 Å². The van der Waals surface area contributed by atoms with Gasteiger partial charge in [0.15, 0.2) is 15.5 Å². The number of ether oxygens (including phenoxy) is 2. The first-order valence-corrected chi connectivity index (χ1v) is 9.63. The number of hydrogen-bond donors (Lipinski definition) is 0. The molecule has 0 aromatic carbocycles. The van der Waals surface area contributed by atoms with Crippen LogP contribution in [-0.2, 0) is 35.4 Å². The molecule has 4 atom stereocenters. The molecule has 2 unspecified atom stereocenters. The number of ketones is 1. The van der Waals surface area contributed by atoms with E-state index in [0.717, 1.165) is 25.8 Å². The van der Waals surface area contributed by atoms with Crippen LogP contribution < -0.4 is 34.7 Å². The first kappa shape index (κ1) is 23.4. The average Bonchev–Trinajstić information content (AvgIpc) is 3.09. The van der Waals surface area contributed by atoms with Crippen molar-refractivity contribution >= 4 is 33.5 Å². The van der Waals surface area contributed by atoms with Gasteiger partial charge in [0.1, 0.15) is 5.78 Å². The smallest absolute Gasteiger partial charge is 0.550 e. The van der Waals surface area contributed by atoms with Gasteiger partial charge < -0.3 is 19.4 Å². The Kier molecular flexibility index (Phi) is 6.29. The summed E-state index contributed by atoms with van der Waals surface area (Å²) in [7, 11) is -2.05. The van der Waals surface area contributed by atoms with Crippen LogP contribution in [0.25, 0.3) is 0 Å². The molecule has 152 valence electrons. The van der Waals surface area contributed by atoms with Crippen molar-refractivity contribution < 1.29 is 71.7 Å². The molecule has 1 aliphatic carbocycles. The number of fused-ring (bicyclic) bond motifs is 1. The van der Waals surface area contributed by atoms with E-state index < -0.39 is 73.3 Å². The molecule has 0 amide bonds. The molecular formula is C15H16N3NaO9S. The molecule has 1 aromatic heterocycles. The van der Waals surface area contributed by atoms with Crippen LogP contribution in [0.3, 0.4) is 0 Å². The van der Waals surface area contributed by atoms with Crippen molar-refractivity contribution in [3.8, 4) is 0 Å². The molecule has 1 saturated heterocycles. The number of aromatic nitrogens is 3. The summed E-state index contributed by atoms with van der Waals surface area (Å²) in [5, 5.41) is 17.7. The van der Waals surface area contributed by atoms with Crippen molar-refractivity contribution in [1.82, 2.24) is 15.0 Å². The topological polar surface area (TPSA) is 175 Å². The van der Waals surface area contributed by atoms with E-state index in [2.05, 4.69) is 19.8 Å². The maximum Gasteiger partial charge on any atom is 1.00 e. The minimum atomic E-state index is -4.12. The molecule has 3 rings (SSSR count). The second-order valence-electron chi connectivity index (χ2n) is 6.82. The van der Waals surface area contributed by atoms with Crippen LogP contribution in [0.2, 0.25) is 0 Å². The number of hydrogen-bond acceptors (Lipinski definition) is 11. The Balaban J connectivity index is 0.00000300. The molecule has 0 N–H and O–H groups in total. The summed E-state index contributed by atoms with van der Waals surface area (Å²) in [4.78, 5) is 47.6. The maximum absolute atomic E-state index is 13.0. The maximum atomic E-state index is 13.0. The first-order valence-electron chi connectivity index (χ1n) is 8.08. The Morgan fingerprint density at radius 2 is 1.83 bits per heavy atom. The Hall–Kier alpha value is -1.83. The number of sulfone groups is 1. The molecular weight excluding hydrogens is 421 g/mol. The van der Waals surface area contributed by atoms with Crippen LogP contribution in [-0.4, -0.2) is 71.3 Å². The summed E-state index contributed by atoms with van der Waals surface area (Å²) >= 11 is 0. The van der Waals surface area contributed by atoms with E-state index in [4.69, 9.17) is 0 Å². The standard InChI is InChI=1S/C15H17N3O9S.Na/c1-15(9(12(20)21)8-6(19)4-7(8)28(15,24)25)5-18-11(14(23)27-3)10(16-17-18)13(22)26-2;/h7-9H,4-5H2,1-3H3,(H,20,21);/q;+1/p-1/t7?,8?,9-,15-;/m0./s1. The summed E-state index contributed by atoms with van der Waals surface area (Å²) in [6.45, 7) is 0.498. The molecule has 0 spiro atoms. The number of Topliss-reactive ketones (excluding diaryl/α,β-unsaturated/α-hetero) is 1. The summed E-state index contributed by atoms with van der Waals surface area (Å²) < 4.78 is 33.8. The number of rotatable bonds is 5. The Labute approximate surface area is 187 Å². The van der Waals surface area contributed by atoms with Crippen molar-refractivity contribution in [2.24, 2.45) is 11.8 Å². The van der Waals surface area contributed by atoms with Crippen LogP contribution in [0.4, 0.5) is 0 Å². The third kappa shape index (κ3) is 3.20. The van der Waals surface area contributed by atoms with Gasteiger partial charge in [-0.05, 0) is 6.92 Å². The second kappa shape index (κ2) is 7.78. The van der Waals surface area contributed by atoms with Crippen LogP contribution in [0.5, 0.6) is 0 Å². The van der Waals surface area contributed by atoms with Gasteiger partial charge in [0, 0.05) is 24.2 Å². The third-order valence-corrected chi connectivity index (χ3v) is 8.39. The van der Waals surface area contributed by atoms with E-state index in [9.17, 15) is 32.7 Å². The molecule has 0 bridgehead atoms. The Morgan fingerprint density at radius 1 is 1.24 bits per heavy atom. The van der Waals surface area contributed by atoms with E-state index in [-0.39, 0.29) is 36.0 Å². The zero-order chi connectivity index (χ0) is 21.0. The molecule has 12 nitrogen and oxygen atoms in total. The van der Waals surface area contributed by atoms with Gasteiger partial charge in [-0.15, -0.1) is 5.10 Å². The van der Waals surface area contributed by atoms with Crippen LogP contribution >= 0.6 is 0 Å². The van der Waals surface area contributed by atoms with E-state index >= 15 is 0 Å². The van der Waals surface area contributed by atoms with Gasteiger partial charge in [0.05, 0.1) is 30.8 Å². The predicted octanol–water partition coefficient (Wildman–Crippen LogP) is -5.63. The van der Waals surface area contributed by atoms with Gasteiger partial charge in [0.2, 0.25) is 5.69 Å². The SMILES string of the molecule is COC(=O)c1nnn(C[C@@]2(C)[C@H](C(=O)[O-])C3C(=O)CC3S2(=O)=O)c1C(=O)OC.[Na+]. The predicted molar refractivity (Wildman–Crippen MR) is 85.4 cm³/mol. The quantitative estimate of drug-likeness (QED) is 0.317. The van der Waals surface area contributed by atoms with Crippen LogP contribution in [0.1, 0.15) is 34.3 Å². The van der Waals surface area contributed by atoms with Gasteiger partial charge in [-0.3, -0.25) is 4.79 Å². The largest absolute Gasteiger partial charge is 1.00 e. The van der Waals surface area contributed by atoms with Crippen LogP contribution in [0, 0.1) is 11.8 Å². The minimum Gasteiger partial charge on any atom is -0.550 e. The molecule has 2 heterocycles. The summed E-state index contributed by atoms with van der Waals surface area (Å²) in [6.07, 6.45) is -0.277. The number of aliphatic carboxylic acids is 1. The first-order chi connectivity index (χ1) is 13.0. The fourth-order valence-corrected chi connectivity index (χ4v) is 6.62. The van der Waals surface area contributed by atoms with Crippen molar-refractivity contribution in [2.45, 2.75) is 29.9 Å². The molecule has 14 heteroatoms. The van der Waals surface area contributed by atoms with Crippen molar-refractivity contribution in [2.75, 3.05) is 14.2 Å². The van der Waals surface area contributed by atoms with Crippen molar-refractivity contribution in [3.63, 3.8) is 0 Å². The average molecular weight is 437 g/mol. The minimum absolute atomic E-state index is 0. The van der Waals surface area contributed by atoms with Gasteiger partial charge >= 0.3 is 41.5 Å². The summed E-state index contributed by atoms with van der Waals surface area (Å²) in [5.74, 6) is -7.09. The molecule has 1 aliphatic heterocycles. The van der Waals surface area contributed by atoms with E-state index in [1.807, 2.05) is 0 Å². The van der Waals surface area contributed by atoms with Gasteiger partial charge in [-0.1, -0.05) is 5.21 Å². The zero-order valence-electron chi connectivity index (χ0n) is 16.1. The number of carbonyl (C=O) groups is 4. The second-order valence-corrected chi connectivity index (χ2v) is 9.44. The number of nitrogens with zero attached hydrogens (tertiary/aromatic N) is 3. The van der Waals surface area contributed by atoms with Gasteiger partial charge in [-0.2, -0.15) is 0 Å². The third-order valence-electron chi connectivity index (χ3n) is 5.45. The molecule has 0 radical (unpaired) electrons. The molecule has 2 aliphatic rings. The molecule has 29 heavy (non-hydrogen) atoms. The van der Waals surface area contributed by atoms with E-state index in [1.165, 1.54) is 0 Å². The number of methoxy groups -OCH3 is 2. The Morgan fingerprint density at radius 3 is 2.31 bits per heavy atom. The molecule has 1 aromatic rings. The summed E-state index contributed by atoms with van der Waals surface area (Å²) in [6, 6.07) is 0. The van der Waals surface area contributed by atoms with E-state index in [1.54, 1.807) is 0 Å². The van der Waals surface area contributed by atoms with Crippen molar-refractivity contribution in [3.05, 3.63) is 11.4 Å². The number of esters is 2. The van der Waals surface area contributed by atoms with Gasteiger partial charge in [-0.25, -0.2) is 22.7 Å². The fraction of sp³-hybridized carbons (Fsp3) is 0.600.